The molecule has 1 aliphatic carbocycles. The molecule has 11 heteroatoms. The molecule has 3 aromatic rings. The molecule has 2 atom stereocenters. The zero-order valence-corrected chi connectivity index (χ0v) is 19.7. The number of carbonyl (C=O) groups excluding carboxylic acids is 2. The van der Waals surface area contributed by atoms with Crippen LogP contribution in [0.15, 0.2) is 55.0 Å². The summed E-state index contributed by atoms with van der Waals surface area (Å²) >= 11 is 31.1. The number of anilines is 2. The van der Waals surface area contributed by atoms with Gasteiger partial charge in [0.25, 0.3) is 5.91 Å². The fraction of sp³-hybridized carbons (Fsp3) is 0.143. The van der Waals surface area contributed by atoms with Crippen LogP contribution in [0, 0.1) is 5.92 Å². The zero-order valence-electron chi connectivity index (χ0n) is 16.0. The Morgan fingerprint density at radius 1 is 0.938 bits per heavy atom. The summed E-state index contributed by atoms with van der Waals surface area (Å²) < 4.78 is -1.32. The summed E-state index contributed by atoms with van der Waals surface area (Å²) in [5, 5.41) is 6.39. The molecule has 2 aromatic carbocycles. The van der Waals surface area contributed by atoms with Gasteiger partial charge in [0.15, 0.2) is 0 Å². The fourth-order valence-corrected chi connectivity index (χ4v) is 4.94. The Morgan fingerprint density at radius 2 is 1.66 bits per heavy atom. The Kier molecular flexibility index (Phi) is 6.52. The van der Waals surface area contributed by atoms with Crippen molar-refractivity contribution in [2.75, 3.05) is 10.6 Å². The first kappa shape index (κ1) is 23.1. The third kappa shape index (κ3) is 4.80. The van der Waals surface area contributed by atoms with Crippen molar-refractivity contribution < 1.29 is 9.59 Å². The number of hydrogen-bond donors (Lipinski definition) is 2. The van der Waals surface area contributed by atoms with Crippen molar-refractivity contribution in [1.82, 2.24) is 9.97 Å². The van der Waals surface area contributed by atoms with Crippen LogP contribution in [0.4, 0.5) is 11.5 Å². The van der Waals surface area contributed by atoms with Crippen LogP contribution in [-0.2, 0) is 4.79 Å². The van der Waals surface area contributed by atoms with E-state index >= 15 is 0 Å². The first-order chi connectivity index (χ1) is 15.2. The Balaban J connectivity index is 1.51. The maximum Gasteiger partial charge on any atom is 0.258 e. The molecule has 0 saturated heterocycles. The molecular formula is C21H13Cl5N4O2. The van der Waals surface area contributed by atoms with Crippen molar-refractivity contribution in [2.45, 2.75) is 10.3 Å². The monoisotopic (exact) mass is 528 g/mol. The lowest BCUT2D eigenvalue weighted by molar-refractivity contribution is -0.117. The molecule has 0 aliphatic heterocycles. The SMILES string of the molecule is O=C(Nc1ccncn1)c1cc(NC(=O)[C@H]2[C@H](c3cc(Cl)cc(Cl)c3)C2(Cl)Cl)ccc1Cl. The van der Waals surface area contributed by atoms with Gasteiger partial charge in [0.1, 0.15) is 16.5 Å². The standard InChI is InChI=1S/C21H13Cl5N4O2/c22-11-5-10(6-12(23)7-11)17-18(21(17,25)26)20(32)29-13-1-2-15(24)14(8-13)19(31)30-16-3-4-27-9-28-16/h1-9,17-18H,(H,29,32)(H,27,28,30,31)/t17-,18+/m0/s1. The van der Waals surface area contributed by atoms with Gasteiger partial charge in [-0.15, -0.1) is 23.2 Å². The molecule has 1 aliphatic rings. The highest BCUT2D eigenvalue weighted by molar-refractivity contribution is 6.53. The van der Waals surface area contributed by atoms with E-state index in [4.69, 9.17) is 58.0 Å². The number of alkyl halides is 2. The van der Waals surface area contributed by atoms with Crippen molar-refractivity contribution in [3.8, 4) is 0 Å². The van der Waals surface area contributed by atoms with Gasteiger partial charge in [-0.2, -0.15) is 0 Å². The van der Waals surface area contributed by atoms with Crippen molar-refractivity contribution in [3.63, 3.8) is 0 Å². The number of aromatic nitrogens is 2. The first-order valence-electron chi connectivity index (χ1n) is 9.18. The minimum Gasteiger partial charge on any atom is -0.326 e. The number of nitrogens with one attached hydrogen (secondary N) is 2. The summed E-state index contributed by atoms with van der Waals surface area (Å²) in [7, 11) is 0. The Labute approximate surface area is 208 Å². The van der Waals surface area contributed by atoms with Crippen LogP contribution in [-0.4, -0.2) is 26.1 Å². The molecule has 1 heterocycles. The predicted octanol–water partition coefficient (Wildman–Crippen LogP) is 6.22. The maximum absolute atomic E-state index is 12.9. The van der Waals surface area contributed by atoms with Gasteiger partial charge < -0.3 is 10.6 Å². The highest BCUT2D eigenvalue weighted by Gasteiger charge is 2.67. The lowest BCUT2D eigenvalue weighted by Crippen LogP contribution is -2.18. The van der Waals surface area contributed by atoms with Gasteiger partial charge in [0.05, 0.1) is 16.5 Å². The third-order valence-electron chi connectivity index (χ3n) is 4.88. The van der Waals surface area contributed by atoms with Crippen LogP contribution in [0.1, 0.15) is 21.8 Å². The number of nitrogens with zero attached hydrogens (tertiary/aromatic N) is 2. The van der Waals surface area contributed by atoms with Crippen LogP contribution < -0.4 is 10.6 Å². The molecule has 1 aromatic heterocycles. The molecule has 0 bridgehead atoms. The van der Waals surface area contributed by atoms with E-state index in [1.54, 1.807) is 24.3 Å². The third-order valence-corrected chi connectivity index (χ3v) is 6.59. The summed E-state index contributed by atoms with van der Waals surface area (Å²) in [6.07, 6.45) is 2.79. The quantitative estimate of drug-likeness (QED) is 0.384. The van der Waals surface area contributed by atoms with E-state index in [1.165, 1.54) is 30.7 Å². The number of carbonyl (C=O) groups is 2. The second-order valence-electron chi connectivity index (χ2n) is 7.07. The van der Waals surface area contributed by atoms with Gasteiger partial charge in [0.2, 0.25) is 5.91 Å². The molecule has 0 radical (unpaired) electrons. The Bertz CT molecular complexity index is 1190. The first-order valence-corrected chi connectivity index (χ1v) is 11.1. The number of amides is 2. The normalized spacial score (nSPS) is 18.7. The van der Waals surface area contributed by atoms with Crippen LogP contribution in [0.2, 0.25) is 15.1 Å². The number of rotatable bonds is 5. The van der Waals surface area contributed by atoms with Gasteiger partial charge >= 0.3 is 0 Å². The van der Waals surface area contributed by atoms with Crippen LogP contribution >= 0.6 is 58.0 Å². The predicted molar refractivity (Wildman–Crippen MR) is 127 cm³/mol. The van der Waals surface area contributed by atoms with Gasteiger partial charge in [-0.05, 0) is 48.0 Å². The van der Waals surface area contributed by atoms with E-state index in [1.807, 2.05) is 0 Å². The van der Waals surface area contributed by atoms with E-state index in [9.17, 15) is 9.59 Å². The van der Waals surface area contributed by atoms with Gasteiger partial charge in [-0.1, -0.05) is 34.8 Å². The summed E-state index contributed by atoms with van der Waals surface area (Å²) in [5.41, 5.74) is 1.17. The molecule has 4 rings (SSSR count). The van der Waals surface area contributed by atoms with Crippen molar-refractivity contribution in [2.24, 2.45) is 5.92 Å². The molecule has 6 nitrogen and oxygen atoms in total. The highest BCUT2D eigenvalue weighted by Crippen LogP contribution is 2.65. The van der Waals surface area contributed by atoms with Crippen molar-refractivity contribution in [1.29, 1.82) is 0 Å². The molecule has 1 saturated carbocycles. The Morgan fingerprint density at radius 3 is 2.31 bits per heavy atom. The molecular weight excluding hydrogens is 518 g/mol. The smallest absolute Gasteiger partial charge is 0.258 e. The van der Waals surface area contributed by atoms with Crippen molar-refractivity contribution in [3.05, 3.63) is 81.2 Å². The number of hydrogen-bond acceptors (Lipinski definition) is 4. The lowest BCUT2D eigenvalue weighted by Gasteiger charge is -2.10. The minimum absolute atomic E-state index is 0.153. The summed E-state index contributed by atoms with van der Waals surface area (Å²) in [4.78, 5) is 33.2. The highest BCUT2D eigenvalue weighted by atomic mass is 35.5. The topological polar surface area (TPSA) is 84.0 Å². The summed E-state index contributed by atoms with van der Waals surface area (Å²) in [5.74, 6) is -1.83. The van der Waals surface area contributed by atoms with Crippen LogP contribution in [0.3, 0.4) is 0 Å². The lowest BCUT2D eigenvalue weighted by atomic mass is 10.1. The second-order valence-corrected chi connectivity index (χ2v) is 9.79. The number of halogens is 5. The van der Waals surface area contributed by atoms with Gasteiger partial charge in [-0.25, -0.2) is 9.97 Å². The summed E-state index contributed by atoms with van der Waals surface area (Å²) in [6, 6.07) is 11.0. The van der Waals surface area contributed by atoms with E-state index in [2.05, 4.69) is 20.6 Å². The maximum atomic E-state index is 12.9. The van der Waals surface area contributed by atoms with E-state index < -0.39 is 28.0 Å². The van der Waals surface area contributed by atoms with Crippen LogP contribution in [0.5, 0.6) is 0 Å². The van der Waals surface area contributed by atoms with Gasteiger partial charge in [0, 0.05) is 27.8 Å². The molecule has 32 heavy (non-hydrogen) atoms. The van der Waals surface area contributed by atoms with Gasteiger partial charge in [-0.3, -0.25) is 9.59 Å². The van der Waals surface area contributed by atoms with Crippen molar-refractivity contribution >= 4 is 81.3 Å². The van der Waals surface area contributed by atoms with Crippen LogP contribution in [0.25, 0.3) is 0 Å². The largest absolute Gasteiger partial charge is 0.326 e. The molecule has 2 N–H and O–H groups in total. The molecule has 1 fully saturated rings. The molecule has 2 amide bonds. The molecule has 0 unspecified atom stereocenters. The van der Waals surface area contributed by atoms with E-state index in [0.29, 0.717) is 27.1 Å². The average molecular weight is 531 g/mol. The minimum atomic E-state index is -1.32. The summed E-state index contributed by atoms with van der Waals surface area (Å²) in [6.45, 7) is 0. The second kappa shape index (κ2) is 9.04. The Hall–Kier alpha value is -2.09. The molecule has 164 valence electrons. The fourth-order valence-electron chi connectivity index (χ4n) is 3.37. The van der Waals surface area contributed by atoms with E-state index in [0.717, 1.165) is 0 Å². The average Bonchev–Trinajstić information content (AvgIpc) is 3.31. The molecule has 0 spiro atoms. The zero-order chi connectivity index (χ0) is 23.0. The number of benzene rings is 2. The van der Waals surface area contributed by atoms with E-state index in [-0.39, 0.29) is 10.6 Å².